The van der Waals surface area contributed by atoms with Crippen LogP contribution in [0.2, 0.25) is 0 Å². The van der Waals surface area contributed by atoms with Gasteiger partial charge in [-0.3, -0.25) is 4.79 Å². The molecular formula is C17H10B2Br2O7. The van der Waals surface area contributed by atoms with Crippen LogP contribution in [-0.4, -0.2) is 53.6 Å². The van der Waals surface area contributed by atoms with E-state index in [-0.39, 0.29) is 48.0 Å². The van der Waals surface area contributed by atoms with Gasteiger partial charge in [0, 0.05) is 5.56 Å². The van der Waals surface area contributed by atoms with E-state index in [1.165, 1.54) is 12.1 Å². The minimum atomic E-state index is -1.61. The molecule has 0 aliphatic rings. The molecule has 7 nitrogen and oxygen atoms in total. The summed E-state index contributed by atoms with van der Waals surface area (Å²) < 4.78 is 5.84. The van der Waals surface area contributed by atoms with E-state index in [2.05, 4.69) is 31.9 Å². The molecule has 0 bridgehead atoms. The smallest absolute Gasteiger partial charge is 0.197 e. The quantitative estimate of drug-likeness (QED) is 0.262. The number of carbonyl (C=O) groups is 1. The number of carbonyl (C=O) groups excluding carboxylic acids is 1. The maximum absolute atomic E-state index is 13.2. The number of benzene rings is 2. The van der Waals surface area contributed by atoms with Gasteiger partial charge in [0.25, 0.3) is 0 Å². The van der Waals surface area contributed by atoms with Gasteiger partial charge in [0.1, 0.15) is 50.4 Å². The van der Waals surface area contributed by atoms with E-state index < -0.39 is 35.5 Å². The number of rotatable bonds is 4. The van der Waals surface area contributed by atoms with E-state index in [4.69, 9.17) is 20.1 Å². The molecule has 0 aliphatic carbocycles. The molecule has 140 valence electrons. The van der Waals surface area contributed by atoms with Crippen LogP contribution in [0.5, 0.6) is 17.2 Å². The van der Waals surface area contributed by atoms with Gasteiger partial charge in [0.05, 0.1) is 26.5 Å². The number of furan rings is 1. The Morgan fingerprint density at radius 1 is 1.04 bits per heavy atom. The summed E-state index contributed by atoms with van der Waals surface area (Å²) in [5, 5.41) is 49.4. The van der Waals surface area contributed by atoms with Crippen LogP contribution in [0.4, 0.5) is 0 Å². The van der Waals surface area contributed by atoms with Crippen LogP contribution in [-0.2, 0) is 0 Å². The average Bonchev–Trinajstić information content (AvgIpc) is 3.07. The molecule has 3 aromatic rings. The molecule has 0 amide bonds. The molecule has 1 atom stereocenters. The number of fused-ring (bicyclic) bond motifs is 1. The van der Waals surface area contributed by atoms with E-state index in [0.29, 0.717) is 0 Å². The molecule has 1 unspecified atom stereocenters. The van der Waals surface area contributed by atoms with Gasteiger partial charge in [0.15, 0.2) is 5.78 Å². The number of ketones is 1. The maximum atomic E-state index is 13.2. The van der Waals surface area contributed by atoms with Crippen LogP contribution >= 0.6 is 31.9 Å². The third-order valence-corrected chi connectivity index (χ3v) is 5.37. The molecule has 1 heterocycles. The molecule has 0 saturated heterocycles. The van der Waals surface area contributed by atoms with Crippen LogP contribution in [0.25, 0.3) is 11.0 Å². The zero-order valence-electron chi connectivity index (χ0n) is 13.9. The van der Waals surface area contributed by atoms with Gasteiger partial charge >= 0.3 is 0 Å². The molecule has 3 rings (SSSR count). The predicted molar refractivity (Wildman–Crippen MR) is 109 cm³/mol. The molecule has 5 N–H and O–H groups in total. The van der Waals surface area contributed by atoms with Crippen LogP contribution in [0.1, 0.15) is 27.8 Å². The summed E-state index contributed by atoms with van der Waals surface area (Å²) in [5.41, 5.74) is -1.33. The van der Waals surface area contributed by atoms with E-state index >= 15 is 0 Å². The van der Waals surface area contributed by atoms with Gasteiger partial charge < -0.3 is 29.9 Å². The molecular weight excluding hydrogens is 498 g/mol. The third-order valence-electron chi connectivity index (χ3n) is 4.16. The Labute approximate surface area is 177 Å². The van der Waals surface area contributed by atoms with Crippen LogP contribution < -0.4 is 10.9 Å². The molecule has 0 spiro atoms. The van der Waals surface area contributed by atoms with Crippen molar-refractivity contribution in [3.8, 4) is 17.2 Å². The van der Waals surface area contributed by atoms with Gasteiger partial charge in [-0.25, -0.2) is 0 Å². The molecule has 11 heteroatoms. The Balaban J connectivity index is 2.40. The maximum Gasteiger partial charge on any atom is 0.197 e. The lowest BCUT2D eigenvalue weighted by molar-refractivity contribution is 0.0768. The topological polar surface area (TPSA) is 131 Å². The summed E-state index contributed by atoms with van der Waals surface area (Å²) in [5.74, 6) is -2.53. The summed E-state index contributed by atoms with van der Waals surface area (Å²) in [6.07, 6.45) is -1.61. The minimum Gasteiger partial charge on any atom is -0.509 e. The summed E-state index contributed by atoms with van der Waals surface area (Å²) in [6.45, 7) is -0.787. The van der Waals surface area contributed by atoms with E-state index in [1.807, 2.05) is 0 Å². The highest BCUT2D eigenvalue weighted by atomic mass is 79.9. The molecule has 0 aliphatic heterocycles. The Hall–Kier alpha value is -1.94. The number of phenols is 3. The fourth-order valence-electron chi connectivity index (χ4n) is 2.75. The highest BCUT2D eigenvalue weighted by Crippen LogP contribution is 2.39. The second kappa shape index (κ2) is 7.47. The molecule has 28 heavy (non-hydrogen) atoms. The largest absolute Gasteiger partial charge is 0.509 e. The first-order valence-corrected chi connectivity index (χ1v) is 9.25. The summed E-state index contributed by atoms with van der Waals surface area (Å²) >= 11 is 6.24. The SMILES string of the molecule is [B]c1c(O)c([B])c2oc(C(O)CO)c(C(=O)c3cc(Br)c(O)c(Br)c3)c2c1O. The number of phenolic OH excluding ortho intramolecular Hbond substituents is 3. The van der Waals surface area contributed by atoms with Crippen molar-refractivity contribution in [2.45, 2.75) is 6.10 Å². The lowest BCUT2D eigenvalue weighted by atomic mass is 9.82. The number of aromatic hydroxyl groups is 3. The number of aliphatic hydroxyl groups is 2. The van der Waals surface area contributed by atoms with Gasteiger partial charge in [-0.1, -0.05) is 0 Å². The number of hydrogen-bond acceptors (Lipinski definition) is 7. The van der Waals surface area contributed by atoms with Crippen molar-refractivity contribution in [1.82, 2.24) is 0 Å². The highest BCUT2D eigenvalue weighted by Gasteiger charge is 2.31. The molecule has 0 fully saturated rings. The second-order valence-electron chi connectivity index (χ2n) is 5.89. The summed E-state index contributed by atoms with van der Waals surface area (Å²) in [7, 11) is 11.4. The lowest BCUT2D eigenvalue weighted by Gasteiger charge is -2.10. The zero-order chi connectivity index (χ0) is 20.9. The highest BCUT2D eigenvalue weighted by molar-refractivity contribution is 9.11. The van der Waals surface area contributed by atoms with Gasteiger partial charge in [-0.15, -0.1) is 0 Å². The fourth-order valence-corrected chi connectivity index (χ4v) is 3.93. The van der Waals surface area contributed by atoms with Crippen molar-refractivity contribution >= 4 is 75.2 Å². The number of aliphatic hydroxyl groups excluding tert-OH is 2. The Kier molecular flexibility index (Phi) is 5.55. The summed E-state index contributed by atoms with van der Waals surface area (Å²) in [4.78, 5) is 13.2. The van der Waals surface area contributed by atoms with Crippen LogP contribution in [0.15, 0.2) is 25.5 Å². The van der Waals surface area contributed by atoms with Gasteiger partial charge in [0.2, 0.25) is 0 Å². The number of hydrogen-bond donors (Lipinski definition) is 5. The molecule has 0 saturated carbocycles. The normalized spacial score (nSPS) is 12.4. The van der Waals surface area contributed by atoms with Crippen molar-refractivity contribution < 1.29 is 34.7 Å². The van der Waals surface area contributed by atoms with E-state index in [9.17, 15) is 30.3 Å². The monoisotopic (exact) mass is 506 g/mol. The first-order valence-electron chi connectivity index (χ1n) is 7.66. The predicted octanol–water partition coefficient (Wildman–Crippen LogP) is 0.919. The molecule has 4 radical (unpaired) electrons. The fraction of sp³-hybridized carbons (Fsp3) is 0.118. The van der Waals surface area contributed by atoms with Crippen molar-refractivity contribution in [2.24, 2.45) is 0 Å². The molecule has 2 aromatic carbocycles. The first-order chi connectivity index (χ1) is 13.1. The van der Waals surface area contributed by atoms with Crippen molar-refractivity contribution in [3.05, 3.63) is 38.0 Å². The van der Waals surface area contributed by atoms with E-state index in [0.717, 1.165) is 0 Å². The van der Waals surface area contributed by atoms with Gasteiger partial charge in [-0.2, -0.15) is 0 Å². The third kappa shape index (κ3) is 3.12. The van der Waals surface area contributed by atoms with E-state index in [1.54, 1.807) is 0 Å². The molecule has 1 aromatic heterocycles. The Morgan fingerprint density at radius 3 is 2.14 bits per heavy atom. The lowest BCUT2D eigenvalue weighted by Crippen LogP contribution is -2.17. The number of halogens is 2. The van der Waals surface area contributed by atoms with Crippen LogP contribution in [0, 0.1) is 0 Å². The van der Waals surface area contributed by atoms with Crippen molar-refractivity contribution in [2.75, 3.05) is 6.61 Å². The Bertz CT molecular complexity index is 1100. The average molecular weight is 508 g/mol. The zero-order valence-corrected chi connectivity index (χ0v) is 17.1. The minimum absolute atomic E-state index is 0.0512. The van der Waals surface area contributed by atoms with Crippen molar-refractivity contribution in [1.29, 1.82) is 0 Å². The van der Waals surface area contributed by atoms with Crippen LogP contribution in [0.3, 0.4) is 0 Å². The summed E-state index contributed by atoms with van der Waals surface area (Å²) in [6, 6.07) is 2.64. The van der Waals surface area contributed by atoms with Gasteiger partial charge in [-0.05, 0) is 54.9 Å². The first kappa shape index (κ1) is 20.8. The second-order valence-corrected chi connectivity index (χ2v) is 7.59. The van der Waals surface area contributed by atoms with Crippen molar-refractivity contribution in [3.63, 3.8) is 0 Å². The standard InChI is InChI=1S/C17H10B2Br2O7/c18-10-14(26)9-8(12(24)4-1-5(20)13(25)6(21)2-4)16(7(23)3-22)28-17(9)11(19)15(10)27/h1-2,7,22-23,25-27H,3H2. The Morgan fingerprint density at radius 2 is 1.61 bits per heavy atom.